The summed E-state index contributed by atoms with van der Waals surface area (Å²) >= 11 is 0. The van der Waals surface area contributed by atoms with Gasteiger partial charge in [-0.3, -0.25) is 0 Å². The van der Waals surface area contributed by atoms with E-state index in [-0.39, 0.29) is 0 Å². The summed E-state index contributed by atoms with van der Waals surface area (Å²) in [5.41, 5.74) is 3.12. The van der Waals surface area contributed by atoms with Crippen molar-refractivity contribution < 1.29 is 19.0 Å². The molecule has 1 unspecified atom stereocenters. The molecule has 1 aromatic heterocycles. The molecular formula is C27H32N4O4. The Morgan fingerprint density at radius 2 is 1.83 bits per heavy atom. The lowest BCUT2D eigenvalue weighted by atomic mass is 10.0. The molecule has 8 nitrogen and oxygen atoms in total. The molecule has 2 heterocycles. The van der Waals surface area contributed by atoms with Gasteiger partial charge < -0.3 is 28.5 Å². The average molecular weight is 477 g/mol. The van der Waals surface area contributed by atoms with Crippen LogP contribution in [0.4, 0.5) is 0 Å². The van der Waals surface area contributed by atoms with Gasteiger partial charge in [0.1, 0.15) is 11.5 Å². The van der Waals surface area contributed by atoms with E-state index in [2.05, 4.69) is 15.0 Å². The summed E-state index contributed by atoms with van der Waals surface area (Å²) in [5.74, 6) is 2.30. The molecule has 0 spiro atoms. The monoisotopic (exact) mass is 476 g/mol. The lowest BCUT2D eigenvalue weighted by Crippen LogP contribution is -2.44. The second-order valence-corrected chi connectivity index (χ2v) is 8.44. The second-order valence-electron chi connectivity index (χ2n) is 8.44. The quantitative estimate of drug-likeness (QED) is 0.393. The summed E-state index contributed by atoms with van der Waals surface area (Å²) in [6, 6.07) is 13.9. The van der Waals surface area contributed by atoms with Gasteiger partial charge in [0, 0.05) is 38.9 Å². The molecule has 184 valence electrons. The zero-order chi connectivity index (χ0) is 24.8. The van der Waals surface area contributed by atoms with Gasteiger partial charge in [-0.1, -0.05) is 17.3 Å². The lowest BCUT2D eigenvalue weighted by Gasteiger charge is -2.34. The number of hydrogen-bond acceptors (Lipinski definition) is 7. The average Bonchev–Trinajstić information content (AvgIpc) is 3.46. The van der Waals surface area contributed by atoms with Crippen LogP contribution in [0.3, 0.4) is 0 Å². The first kappa shape index (κ1) is 24.3. The molecule has 1 aliphatic heterocycles. The van der Waals surface area contributed by atoms with Crippen molar-refractivity contribution in [3.8, 4) is 17.2 Å². The van der Waals surface area contributed by atoms with Crippen molar-refractivity contribution >= 4 is 11.9 Å². The molecule has 8 heteroatoms. The minimum absolute atomic E-state index is 0.651. The van der Waals surface area contributed by atoms with Crippen molar-refractivity contribution in [1.29, 1.82) is 0 Å². The number of rotatable bonds is 10. The van der Waals surface area contributed by atoms with Gasteiger partial charge >= 0.3 is 0 Å². The molecule has 0 aliphatic carbocycles. The topological polar surface area (TPSA) is 70.3 Å². The summed E-state index contributed by atoms with van der Waals surface area (Å²) < 4.78 is 18.2. The van der Waals surface area contributed by atoms with Crippen LogP contribution in [0.25, 0.3) is 11.8 Å². The van der Waals surface area contributed by atoms with Crippen molar-refractivity contribution in [3.05, 3.63) is 77.9 Å². The van der Waals surface area contributed by atoms with Gasteiger partial charge in [-0.25, -0.2) is 4.98 Å². The lowest BCUT2D eigenvalue weighted by molar-refractivity contribution is -0.0914. The first-order valence-corrected chi connectivity index (χ1v) is 11.5. The van der Waals surface area contributed by atoms with E-state index in [9.17, 15) is 0 Å². The maximum absolute atomic E-state index is 6.01. The van der Waals surface area contributed by atoms with Gasteiger partial charge in [-0.2, -0.15) is 0 Å². The van der Waals surface area contributed by atoms with Crippen molar-refractivity contribution in [3.63, 3.8) is 0 Å². The smallest absolute Gasteiger partial charge is 0.234 e. The number of oxime groups is 1. The summed E-state index contributed by atoms with van der Waals surface area (Å²) in [6.07, 6.45) is 8.57. The summed E-state index contributed by atoms with van der Waals surface area (Å²) in [7, 11) is 5.03. The molecule has 1 aliphatic rings. The molecule has 0 saturated carbocycles. The summed E-state index contributed by atoms with van der Waals surface area (Å²) in [5, 5.41) is 4.43. The van der Waals surface area contributed by atoms with Crippen LogP contribution in [0.5, 0.6) is 11.5 Å². The maximum atomic E-state index is 6.01. The molecule has 0 saturated heterocycles. The maximum Gasteiger partial charge on any atom is 0.234 e. The zero-order valence-electron chi connectivity index (χ0n) is 20.9. The molecule has 35 heavy (non-hydrogen) atoms. The highest BCUT2D eigenvalue weighted by Gasteiger charge is 2.42. The molecule has 2 aromatic carbocycles. The van der Waals surface area contributed by atoms with Gasteiger partial charge in [0.05, 0.1) is 31.9 Å². The predicted octanol–water partition coefficient (Wildman–Crippen LogP) is 4.77. The molecule has 0 N–H and O–H groups in total. The summed E-state index contributed by atoms with van der Waals surface area (Å²) in [6.45, 7) is 5.36. The largest absolute Gasteiger partial charge is 0.497 e. The number of aryl methyl sites for hydroxylation is 1. The summed E-state index contributed by atoms with van der Waals surface area (Å²) in [4.78, 5) is 12.5. The van der Waals surface area contributed by atoms with Crippen LogP contribution in [-0.2, 0) is 15.3 Å². The Morgan fingerprint density at radius 1 is 1.03 bits per heavy atom. The third-order valence-corrected chi connectivity index (χ3v) is 6.08. The first-order chi connectivity index (χ1) is 17.0. The van der Waals surface area contributed by atoms with Crippen molar-refractivity contribution in [1.82, 2.24) is 14.5 Å². The SMILES string of the molecule is COCCCN1C(/C=C/c2ccc(-n3cnc(C)c3)c(OC)c2)=NOC1(C)c1ccc(OC)cc1. The van der Waals surface area contributed by atoms with Gasteiger partial charge in [0.25, 0.3) is 0 Å². The Kier molecular flexibility index (Phi) is 7.41. The van der Waals surface area contributed by atoms with E-state index < -0.39 is 5.72 Å². The highest BCUT2D eigenvalue weighted by atomic mass is 16.7. The minimum Gasteiger partial charge on any atom is -0.497 e. The molecule has 3 aromatic rings. The van der Waals surface area contributed by atoms with Crippen LogP contribution in [0, 0.1) is 6.92 Å². The Hall–Kier alpha value is -3.78. The zero-order valence-corrected chi connectivity index (χ0v) is 20.9. The van der Waals surface area contributed by atoms with Crippen molar-refractivity contribution in [2.45, 2.75) is 26.0 Å². The number of hydrogen-bond donors (Lipinski definition) is 0. The van der Waals surface area contributed by atoms with Crippen molar-refractivity contribution in [2.24, 2.45) is 5.16 Å². The predicted molar refractivity (Wildman–Crippen MR) is 136 cm³/mol. The van der Waals surface area contributed by atoms with E-state index in [1.165, 1.54) is 0 Å². The van der Waals surface area contributed by atoms with E-state index in [1.807, 2.05) is 79.2 Å². The molecule has 0 fully saturated rings. The highest BCUT2D eigenvalue weighted by Crippen LogP contribution is 2.36. The van der Waals surface area contributed by atoms with Crippen LogP contribution in [-0.4, -0.2) is 54.8 Å². The van der Waals surface area contributed by atoms with Crippen LogP contribution in [0.15, 0.2) is 66.2 Å². The van der Waals surface area contributed by atoms with Gasteiger partial charge in [-0.15, -0.1) is 0 Å². The normalized spacial score (nSPS) is 17.5. The Bertz CT molecular complexity index is 1200. The molecule has 0 amide bonds. The Morgan fingerprint density at radius 3 is 2.49 bits per heavy atom. The van der Waals surface area contributed by atoms with E-state index in [4.69, 9.17) is 19.0 Å². The number of benzene rings is 2. The van der Waals surface area contributed by atoms with Crippen molar-refractivity contribution in [2.75, 3.05) is 34.5 Å². The van der Waals surface area contributed by atoms with Gasteiger partial charge in [0.2, 0.25) is 5.72 Å². The number of amidine groups is 1. The highest BCUT2D eigenvalue weighted by molar-refractivity contribution is 5.97. The Balaban J connectivity index is 1.58. The van der Waals surface area contributed by atoms with E-state index in [1.54, 1.807) is 27.7 Å². The number of nitrogens with zero attached hydrogens (tertiary/aromatic N) is 4. The number of methoxy groups -OCH3 is 3. The van der Waals surface area contributed by atoms with E-state index in [0.717, 1.165) is 52.8 Å². The number of aromatic nitrogens is 2. The van der Waals surface area contributed by atoms with Crippen LogP contribution in [0.1, 0.15) is 30.2 Å². The van der Waals surface area contributed by atoms with E-state index >= 15 is 0 Å². The van der Waals surface area contributed by atoms with Crippen LogP contribution >= 0.6 is 0 Å². The fraction of sp³-hybridized carbons (Fsp3) is 0.333. The first-order valence-electron chi connectivity index (χ1n) is 11.5. The third kappa shape index (κ3) is 5.17. The number of ether oxygens (including phenoxy) is 3. The second kappa shape index (κ2) is 10.7. The molecule has 4 rings (SSSR count). The Labute approximate surface area is 206 Å². The fourth-order valence-corrected chi connectivity index (χ4v) is 4.11. The minimum atomic E-state index is -0.736. The molecule has 0 bridgehead atoms. The third-order valence-electron chi connectivity index (χ3n) is 6.08. The van der Waals surface area contributed by atoms with Crippen LogP contribution in [0.2, 0.25) is 0 Å². The van der Waals surface area contributed by atoms with Gasteiger partial charge in [-0.05, 0) is 61.4 Å². The van der Waals surface area contributed by atoms with Gasteiger partial charge in [0.15, 0.2) is 5.84 Å². The standard InChI is InChI=1S/C27H32N4O4/c1-20-18-30(19-28-20)24-13-7-21(17-25(24)34-5)8-14-26-29-35-27(2,31(26)15-6-16-32-3)22-9-11-23(33-4)12-10-22/h7-14,17-19H,6,15-16H2,1-5H3/b14-8+. The molecular weight excluding hydrogens is 444 g/mol. The van der Waals surface area contributed by atoms with Crippen LogP contribution < -0.4 is 9.47 Å². The molecule has 0 radical (unpaired) electrons. The fourth-order valence-electron chi connectivity index (χ4n) is 4.11. The van der Waals surface area contributed by atoms with E-state index in [0.29, 0.717) is 6.61 Å². The molecule has 1 atom stereocenters. The number of imidazole rings is 1.